The molecular formula is C35H47IN2O4. The van der Waals surface area contributed by atoms with E-state index in [-0.39, 0.29) is 42.3 Å². The summed E-state index contributed by atoms with van der Waals surface area (Å²) in [6, 6.07) is 20.0. The fourth-order valence-electron chi connectivity index (χ4n) is 4.66. The Bertz CT molecular complexity index is 1220. The van der Waals surface area contributed by atoms with E-state index in [4.69, 9.17) is 9.47 Å². The number of pyridine rings is 1. The maximum atomic E-state index is 13.9. The Kier molecular flexibility index (Phi) is 16.8. The Hall–Kier alpha value is -2.94. The molecule has 3 rings (SSSR count). The smallest absolute Gasteiger partial charge is 0.261 e. The summed E-state index contributed by atoms with van der Waals surface area (Å²) < 4.78 is 14.2. The number of imide groups is 1. The van der Waals surface area contributed by atoms with Crippen LogP contribution in [0, 0.1) is 0 Å². The van der Waals surface area contributed by atoms with Crippen LogP contribution in [-0.4, -0.2) is 29.9 Å². The number of ether oxygens (including phenoxy) is 2. The Morgan fingerprint density at radius 3 is 1.86 bits per heavy atom. The van der Waals surface area contributed by atoms with Crippen molar-refractivity contribution in [3.8, 4) is 11.5 Å². The fourth-order valence-corrected chi connectivity index (χ4v) is 4.66. The van der Waals surface area contributed by atoms with Gasteiger partial charge in [0.25, 0.3) is 11.8 Å². The highest BCUT2D eigenvalue weighted by Gasteiger charge is 2.28. The number of benzene rings is 2. The van der Waals surface area contributed by atoms with Crippen molar-refractivity contribution in [2.45, 2.75) is 84.6 Å². The number of carbonyl (C=O) groups is 2. The summed E-state index contributed by atoms with van der Waals surface area (Å²) in [6.07, 6.45) is 13.3. The van der Waals surface area contributed by atoms with Crippen LogP contribution in [0.25, 0.3) is 0 Å². The Labute approximate surface area is 269 Å². The van der Waals surface area contributed by atoms with Crippen LogP contribution in [0.2, 0.25) is 0 Å². The molecule has 42 heavy (non-hydrogen) atoms. The minimum Gasteiger partial charge on any atom is -1.00 e. The van der Waals surface area contributed by atoms with E-state index in [0.29, 0.717) is 35.8 Å². The van der Waals surface area contributed by atoms with Gasteiger partial charge in [-0.25, -0.2) is 4.57 Å². The van der Waals surface area contributed by atoms with E-state index in [2.05, 4.69) is 13.8 Å². The number of aromatic nitrogens is 1. The number of carbonyl (C=O) groups excluding carboxylic acids is 2. The first kappa shape index (κ1) is 35.3. The van der Waals surface area contributed by atoms with Crippen LogP contribution in [-0.2, 0) is 13.6 Å². The van der Waals surface area contributed by atoms with Crippen molar-refractivity contribution in [1.82, 2.24) is 4.90 Å². The largest absolute Gasteiger partial charge is 1.00 e. The first-order chi connectivity index (χ1) is 20.0. The minimum absolute atomic E-state index is 0. The molecular weight excluding hydrogens is 639 g/mol. The van der Waals surface area contributed by atoms with Gasteiger partial charge in [0.05, 0.1) is 13.2 Å². The molecule has 2 aromatic carbocycles. The number of nitrogens with zero attached hydrogens (tertiary/aromatic N) is 2. The van der Waals surface area contributed by atoms with E-state index >= 15 is 0 Å². The lowest BCUT2D eigenvalue weighted by Crippen LogP contribution is -3.00. The van der Waals surface area contributed by atoms with Gasteiger partial charge in [-0.3, -0.25) is 14.5 Å². The number of amides is 2. The normalized spacial score (nSPS) is 10.5. The zero-order valence-electron chi connectivity index (χ0n) is 25.5. The molecule has 0 saturated carbocycles. The van der Waals surface area contributed by atoms with Crippen molar-refractivity contribution in [1.29, 1.82) is 0 Å². The highest BCUT2D eigenvalue weighted by molar-refractivity contribution is 6.10. The lowest BCUT2D eigenvalue weighted by atomic mass is 10.1. The molecule has 2 amide bonds. The van der Waals surface area contributed by atoms with E-state index in [0.717, 1.165) is 31.4 Å². The molecule has 0 aliphatic rings. The monoisotopic (exact) mass is 686 g/mol. The molecule has 0 N–H and O–H groups in total. The molecule has 6 nitrogen and oxygen atoms in total. The minimum atomic E-state index is -0.374. The molecule has 0 aliphatic heterocycles. The molecule has 0 fully saturated rings. The van der Waals surface area contributed by atoms with Gasteiger partial charge in [-0.05, 0) is 43.2 Å². The van der Waals surface area contributed by atoms with Gasteiger partial charge in [0, 0.05) is 23.3 Å². The summed E-state index contributed by atoms with van der Waals surface area (Å²) >= 11 is 0. The fraction of sp³-hybridized carbons (Fsp3) is 0.457. The SMILES string of the molecule is CCCCCCCOc1ccc(C(=O)N(Cc2cccc[n+]2C)C(=O)c2ccccc2)cc1OCCCCCCC.[I-]. The zero-order valence-corrected chi connectivity index (χ0v) is 27.7. The third-order valence-corrected chi connectivity index (χ3v) is 7.20. The molecule has 3 aromatic rings. The predicted molar refractivity (Wildman–Crippen MR) is 163 cm³/mol. The van der Waals surface area contributed by atoms with Crippen molar-refractivity contribution in [2.75, 3.05) is 13.2 Å². The highest BCUT2D eigenvalue weighted by Crippen LogP contribution is 2.30. The van der Waals surface area contributed by atoms with Gasteiger partial charge in [0.2, 0.25) is 5.69 Å². The Morgan fingerprint density at radius 2 is 1.24 bits per heavy atom. The number of hydrogen-bond acceptors (Lipinski definition) is 4. The van der Waals surface area contributed by atoms with E-state index < -0.39 is 0 Å². The highest BCUT2D eigenvalue weighted by atomic mass is 127. The molecule has 228 valence electrons. The first-order valence-electron chi connectivity index (χ1n) is 15.3. The van der Waals surface area contributed by atoms with Crippen LogP contribution in [0.3, 0.4) is 0 Å². The zero-order chi connectivity index (χ0) is 29.3. The van der Waals surface area contributed by atoms with Gasteiger partial charge in [-0.2, -0.15) is 0 Å². The second-order valence-electron chi connectivity index (χ2n) is 10.6. The summed E-state index contributed by atoms with van der Waals surface area (Å²) in [6.45, 7) is 5.72. The molecule has 0 bridgehead atoms. The van der Waals surface area contributed by atoms with Gasteiger partial charge in [-0.1, -0.05) is 89.5 Å². The van der Waals surface area contributed by atoms with E-state index in [9.17, 15) is 9.59 Å². The van der Waals surface area contributed by atoms with Crippen LogP contribution in [0.15, 0.2) is 72.9 Å². The average Bonchev–Trinajstić information content (AvgIpc) is 3.00. The van der Waals surface area contributed by atoms with Crippen LogP contribution < -0.4 is 38.0 Å². The maximum Gasteiger partial charge on any atom is 0.261 e. The van der Waals surface area contributed by atoms with Crippen LogP contribution >= 0.6 is 0 Å². The standard InChI is InChI=1S/C35H47N2O4.HI/c1-4-6-8-10-17-25-40-32-23-22-30(27-33(32)41-26-18-11-9-7-5-2)35(39)37(28-31-21-15-16-24-36(31)3)34(38)29-19-13-12-14-20-29;/h12-16,19-24,27H,4-11,17-18,25-26,28H2,1-3H3;1H/q+1;/p-1. The average molecular weight is 687 g/mol. The summed E-state index contributed by atoms with van der Waals surface area (Å²) in [5.74, 6) is 0.477. The topological polar surface area (TPSA) is 59.7 Å². The van der Waals surface area contributed by atoms with E-state index in [1.54, 1.807) is 42.5 Å². The summed E-state index contributed by atoms with van der Waals surface area (Å²) in [7, 11) is 1.91. The number of halogens is 1. The third-order valence-electron chi connectivity index (χ3n) is 7.20. The predicted octanol–water partition coefficient (Wildman–Crippen LogP) is 4.70. The lowest BCUT2D eigenvalue weighted by Gasteiger charge is -2.21. The lowest BCUT2D eigenvalue weighted by molar-refractivity contribution is -0.679. The van der Waals surface area contributed by atoms with Crippen LogP contribution in [0.5, 0.6) is 11.5 Å². The Balaban J connectivity index is 0.00000616. The van der Waals surface area contributed by atoms with Gasteiger partial charge < -0.3 is 33.5 Å². The molecule has 0 saturated heterocycles. The van der Waals surface area contributed by atoms with Crippen LogP contribution in [0.1, 0.15) is 104 Å². The van der Waals surface area contributed by atoms with Crippen molar-refractivity contribution in [2.24, 2.45) is 7.05 Å². The summed E-state index contributed by atoms with van der Waals surface area (Å²) in [5, 5.41) is 0. The molecule has 0 aliphatic carbocycles. The Morgan fingerprint density at radius 1 is 0.667 bits per heavy atom. The molecule has 0 unspecified atom stereocenters. The third kappa shape index (κ3) is 11.4. The number of unbranched alkanes of at least 4 members (excludes halogenated alkanes) is 8. The van der Waals surface area contributed by atoms with Crippen molar-refractivity contribution in [3.05, 3.63) is 89.7 Å². The van der Waals surface area contributed by atoms with Gasteiger partial charge in [0.1, 0.15) is 13.6 Å². The number of hydrogen-bond donors (Lipinski definition) is 0. The van der Waals surface area contributed by atoms with Gasteiger partial charge >= 0.3 is 0 Å². The molecule has 0 radical (unpaired) electrons. The molecule has 0 spiro atoms. The second kappa shape index (κ2) is 20.1. The van der Waals surface area contributed by atoms with E-state index in [1.165, 1.54) is 43.4 Å². The molecule has 0 atom stereocenters. The summed E-state index contributed by atoms with van der Waals surface area (Å²) in [4.78, 5) is 28.9. The van der Waals surface area contributed by atoms with Crippen molar-refractivity contribution >= 4 is 11.8 Å². The number of rotatable bonds is 18. The van der Waals surface area contributed by atoms with E-state index in [1.807, 2.05) is 42.1 Å². The van der Waals surface area contributed by atoms with Crippen molar-refractivity contribution in [3.63, 3.8) is 0 Å². The summed E-state index contributed by atoms with van der Waals surface area (Å²) in [5.41, 5.74) is 1.70. The number of aryl methyl sites for hydroxylation is 1. The quantitative estimate of drug-likeness (QED) is 0.0844. The van der Waals surface area contributed by atoms with Gasteiger partial charge in [0.15, 0.2) is 17.7 Å². The van der Waals surface area contributed by atoms with Gasteiger partial charge in [-0.15, -0.1) is 0 Å². The second-order valence-corrected chi connectivity index (χ2v) is 10.6. The molecule has 7 heteroatoms. The van der Waals surface area contributed by atoms with Crippen LogP contribution in [0.4, 0.5) is 0 Å². The maximum absolute atomic E-state index is 13.9. The van der Waals surface area contributed by atoms with Crippen molar-refractivity contribution < 1.29 is 47.6 Å². The molecule has 1 aromatic heterocycles. The molecule has 1 heterocycles. The first-order valence-corrected chi connectivity index (χ1v) is 15.3.